The second kappa shape index (κ2) is 5.53. The highest BCUT2D eigenvalue weighted by Gasteiger charge is 2.32. The van der Waals surface area contributed by atoms with Gasteiger partial charge in [-0.2, -0.15) is 0 Å². The minimum absolute atomic E-state index is 0.100. The summed E-state index contributed by atoms with van der Waals surface area (Å²) < 4.78 is 0. The SMILES string of the molecule is CCC(N)C(=O)N1CCCC1c1ccccc1C. The summed E-state index contributed by atoms with van der Waals surface area (Å²) in [6.45, 7) is 4.91. The monoisotopic (exact) mass is 246 g/mol. The molecule has 0 bridgehead atoms. The van der Waals surface area contributed by atoms with Crippen LogP contribution in [0.4, 0.5) is 0 Å². The van der Waals surface area contributed by atoms with Crippen LogP contribution in [0.5, 0.6) is 0 Å². The molecule has 18 heavy (non-hydrogen) atoms. The normalized spacial score (nSPS) is 21.1. The maximum absolute atomic E-state index is 12.3. The molecule has 0 spiro atoms. The highest BCUT2D eigenvalue weighted by atomic mass is 16.2. The van der Waals surface area contributed by atoms with Gasteiger partial charge in [0.15, 0.2) is 0 Å². The number of nitrogens with zero attached hydrogens (tertiary/aromatic N) is 1. The van der Waals surface area contributed by atoms with Crippen LogP contribution in [-0.4, -0.2) is 23.4 Å². The Bertz CT molecular complexity index is 430. The van der Waals surface area contributed by atoms with E-state index in [0.29, 0.717) is 6.42 Å². The van der Waals surface area contributed by atoms with Gasteiger partial charge < -0.3 is 10.6 Å². The van der Waals surface area contributed by atoms with Gasteiger partial charge in [0, 0.05) is 6.54 Å². The zero-order valence-electron chi connectivity index (χ0n) is 11.2. The number of likely N-dealkylation sites (tertiary alicyclic amines) is 1. The maximum atomic E-state index is 12.3. The van der Waals surface area contributed by atoms with Gasteiger partial charge in [-0.05, 0) is 37.3 Å². The molecule has 0 saturated carbocycles. The molecule has 1 aromatic carbocycles. The lowest BCUT2D eigenvalue weighted by Crippen LogP contribution is -2.43. The number of nitrogens with two attached hydrogens (primary N) is 1. The number of benzene rings is 1. The predicted molar refractivity (Wildman–Crippen MR) is 73.1 cm³/mol. The van der Waals surface area contributed by atoms with E-state index in [1.807, 2.05) is 24.0 Å². The molecule has 98 valence electrons. The molecule has 2 rings (SSSR count). The van der Waals surface area contributed by atoms with Gasteiger partial charge in [-0.25, -0.2) is 0 Å². The van der Waals surface area contributed by atoms with Crippen LogP contribution in [0.3, 0.4) is 0 Å². The molecule has 1 aliphatic rings. The lowest BCUT2D eigenvalue weighted by Gasteiger charge is -2.28. The van der Waals surface area contributed by atoms with Gasteiger partial charge in [0.25, 0.3) is 0 Å². The topological polar surface area (TPSA) is 46.3 Å². The zero-order chi connectivity index (χ0) is 13.1. The molecule has 0 radical (unpaired) electrons. The highest BCUT2D eigenvalue weighted by Crippen LogP contribution is 2.33. The predicted octanol–water partition coefficient (Wildman–Crippen LogP) is 2.40. The number of carbonyl (C=O) groups excluding carboxylic acids is 1. The largest absolute Gasteiger partial charge is 0.334 e. The molecule has 1 aromatic rings. The second-order valence-electron chi connectivity index (χ2n) is 5.06. The Balaban J connectivity index is 2.23. The van der Waals surface area contributed by atoms with Gasteiger partial charge in [-0.15, -0.1) is 0 Å². The second-order valence-corrected chi connectivity index (χ2v) is 5.06. The molecular formula is C15H22N2O. The fourth-order valence-electron chi connectivity index (χ4n) is 2.70. The average molecular weight is 246 g/mol. The summed E-state index contributed by atoms with van der Waals surface area (Å²) >= 11 is 0. The van der Waals surface area contributed by atoms with Crippen LogP contribution < -0.4 is 5.73 Å². The van der Waals surface area contributed by atoms with Gasteiger partial charge in [-0.1, -0.05) is 31.2 Å². The number of aryl methyl sites for hydroxylation is 1. The van der Waals surface area contributed by atoms with Crippen LogP contribution in [0.1, 0.15) is 43.4 Å². The first-order valence-electron chi connectivity index (χ1n) is 6.76. The van der Waals surface area contributed by atoms with Gasteiger partial charge in [0.2, 0.25) is 5.91 Å². The van der Waals surface area contributed by atoms with Crippen molar-refractivity contribution in [1.29, 1.82) is 0 Å². The molecule has 3 nitrogen and oxygen atoms in total. The summed E-state index contributed by atoms with van der Waals surface area (Å²) in [5, 5.41) is 0. The molecule has 1 saturated heterocycles. The Morgan fingerprint density at radius 1 is 1.50 bits per heavy atom. The number of amides is 1. The van der Waals surface area contributed by atoms with Crippen molar-refractivity contribution in [3.05, 3.63) is 35.4 Å². The van der Waals surface area contributed by atoms with Crippen LogP contribution in [0.25, 0.3) is 0 Å². The van der Waals surface area contributed by atoms with Crippen LogP contribution in [0, 0.1) is 6.92 Å². The molecule has 2 atom stereocenters. The van der Waals surface area contributed by atoms with Crippen molar-refractivity contribution in [3.8, 4) is 0 Å². The third kappa shape index (κ3) is 2.41. The van der Waals surface area contributed by atoms with Crippen molar-refractivity contribution in [2.75, 3.05) is 6.54 Å². The number of hydrogen-bond acceptors (Lipinski definition) is 2. The molecule has 3 heteroatoms. The number of carbonyl (C=O) groups is 1. The minimum Gasteiger partial charge on any atom is -0.334 e. The molecule has 1 fully saturated rings. The van der Waals surface area contributed by atoms with E-state index in [9.17, 15) is 4.79 Å². The van der Waals surface area contributed by atoms with Crippen molar-refractivity contribution in [2.24, 2.45) is 5.73 Å². The fourth-order valence-corrected chi connectivity index (χ4v) is 2.70. The lowest BCUT2D eigenvalue weighted by molar-refractivity contribution is -0.133. The van der Waals surface area contributed by atoms with E-state index in [-0.39, 0.29) is 18.0 Å². The maximum Gasteiger partial charge on any atom is 0.239 e. The first kappa shape index (κ1) is 13.1. The average Bonchev–Trinajstić information content (AvgIpc) is 2.86. The van der Waals surface area contributed by atoms with E-state index in [1.54, 1.807) is 0 Å². The van der Waals surface area contributed by atoms with E-state index < -0.39 is 0 Å². The first-order valence-corrected chi connectivity index (χ1v) is 6.76. The molecular weight excluding hydrogens is 224 g/mol. The van der Waals surface area contributed by atoms with Crippen molar-refractivity contribution >= 4 is 5.91 Å². The highest BCUT2D eigenvalue weighted by molar-refractivity contribution is 5.82. The number of hydrogen-bond donors (Lipinski definition) is 1. The smallest absolute Gasteiger partial charge is 0.239 e. The molecule has 2 N–H and O–H groups in total. The van der Waals surface area contributed by atoms with Crippen LogP contribution in [0.15, 0.2) is 24.3 Å². The Kier molecular flexibility index (Phi) is 4.02. The van der Waals surface area contributed by atoms with Gasteiger partial charge in [0.1, 0.15) is 0 Å². The standard InChI is InChI=1S/C15H22N2O/c1-3-13(16)15(18)17-10-6-9-14(17)12-8-5-4-7-11(12)2/h4-5,7-8,13-14H,3,6,9-10,16H2,1-2H3. The van der Waals surface area contributed by atoms with E-state index in [1.165, 1.54) is 11.1 Å². The molecule has 1 heterocycles. The van der Waals surface area contributed by atoms with Crippen LogP contribution in [-0.2, 0) is 4.79 Å². The van der Waals surface area contributed by atoms with Crippen LogP contribution >= 0.6 is 0 Å². The van der Waals surface area contributed by atoms with E-state index >= 15 is 0 Å². The Morgan fingerprint density at radius 2 is 2.22 bits per heavy atom. The van der Waals surface area contributed by atoms with Crippen molar-refractivity contribution in [2.45, 2.75) is 45.2 Å². The van der Waals surface area contributed by atoms with E-state index in [2.05, 4.69) is 19.1 Å². The van der Waals surface area contributed by atoms with E-state index in [4.69, 9.17) is 5.73 Å². The number of rotatable bonds is 3. The molecule has 2 unspecified atom stereocenters. The van der Waals surface area contributed by atoms with Gasteiger partial charge in [0.05, 0.1) is 12.1 Å². The van der Waals surface area contributed by atoms with Crippen LogP contribution in [0.2, 0.25) is 0 Å². The van der Waals surface area contributed by atoms with Crippen molar-refractivity contribution in [1.82, 2.24) is 4.90 Å². The third-order valence-electron chi connectivity index (χ3n) is 3.84. The molecule has 0 aliphatic carbocycles. The summed E-state index contributed by atoms with van der Waals surface area (Å²) in [6.07, 6.45) is 2.82. The fraction of sp³-hybridized carbons (Fsp3) is 0.533. The Labute approximate surface area is 109 Å². The molecule has 1 aliphatic heterocycles. The summed E-state index contributed by atoms with van der Waals surface area (Å²) in [5.41, 5.74) is 8.41. The summed E-state index contributed by atoms with van der Waals surface area (Å²) in [5.74, 6) is 0.100. The summed E-state index contributed by atoms with van der Waals surface area (Å²) in [6, 6.07) is 8.19. The van der Waals surface area contributed by atoms with E-state index in [0.717, 1.165) is 19.4 Å². The quantitative estimate of drug-likeness (QED) is 0.890. The molecule has 1 amide bonds. The molecule has 0 aromatic heterocycles. The van der Waals surface area contributed by atoms with Crippen molar-refractivity contribution in [3.63, 3.8) is 0 Å². The van der Waals surface area contributed by atoms with Gasteiger partial charge >= 0.3 is 0 Å². The summed E-state index contributed by atoms with van der Waals surface area (Å²) in [7, 11) is 0. The summed E-state index contributed by atoms with van der Waals surface area (Å²) in [4.78, 5) is 14.2. The van der Waals surface area contributed by atoms with Gasteiger partial charge in [-0.3, -0.25) is 4.79 Å². The Morgan fingerprint density at radius 3 is 2.89 bits per heavy atom. The lowest BCUT2D eigenvalue weighted by atomic mass is 9.99. The van der Waals surface area contributed by atoms with Crippen molar-refractivity contribution < 1.29 is 4.79 Å². The minimum atomic E-state index is -0.352. The third-order valence-corrected chi connectivity index (χ3v) is 3.84. The zero-order valence-corrected chi connectivity index (χ0v) is 11.2. The first-order chi connectivity index (χ1) is 8.65. The Hall–Kier alpha value is -1.35.